The standard InChI is InChI=1S/C24H25F3N4O4S/c1-5-15-12(2)36-22(20(15)23(33)35-4)29-21(32)17-11-19-28-16(13-6-8-14(34-3)9-7-13)10-18(24(25,26)27)31(19)30-17/h6-9,11,16,18,28H,5,10H2,1-4H3,(H,29,32)/t16-,18+/m1/s1. The molecule has 3 heterocycles. The van der Waals surface area contributed by atoms with Crippen molar-refractivity contribution in [2.75, 3.05) is 24.9 Å². The van der Waals surface area contributed by atoms with E-state index in [0.29, 0.717) is 17.7 Å². The predicted octanol–water partition coefficient (Wildman–Crippen LogP) is 5.52. The van der Waals surface area contributed by atoms with Gasteiger partial charge in [0.05, 0.1) is 25.8 Å². The number of esters is 1. The first-order chi connectivity index (χ1) is 17.1. The van der Waals surface area contributed by atoms with Gasteiger partial charge in [-0.3, -0.25) is 4.79 Å². The minimum absolute atomic E-state index is 0.0688. The Hall–Kier alpha value is -3.54. The number of carbonyl (C=O) groups excluding carboxylic acids is 2. The molecule has 0 spiro atoms. The zero-order chi connectivity index (χ0) is 26.2. The molecule has 0 saturated carbocycles. The maximum atomic E-state index is 14.0. The van der Waals surface area contributed by atoms with Gasteiger partial charge in [-0.2, -0.15) is 18.3 Å². The van der Waals surface area contributed by atoms with Crippen molar-refractivity contribution < 1.29 is 32.2 Å². The first-order valence-electron chi connectivity index (χ1n) is 11.2. The number of carbonyl (C=O) groups is 2. The van der Waals surface area contributed by atoms with E-state index in [1.165, 1.54) is 31.6 Å². The van der Waals surface area contributed by atoms with Gasteiger partial charge in [-0.15, -0.1) is 11.3 Å². The number of hydrogen-bond acceptors (Lipinski definition) is 7. The fourth-order valence-corrected chi connectivity index (χ4v) is 5.45. The molecule has 12 heteroatoms. The smallest absolute Gasteiger partial charge is 0.410 e. The Morgan fingerprint density at radius 1 is 1.25 bits per heavy atom. The number of fused-ring (bicyclic) bond motifs is 1. The highest BCUT2D eigenvalue weighted by Crippen LogP contribution is 2.44. The second kappa shape index (κ2) is 9.84. The Morgan fingerprint density at radius 3 is 2.53 bits per heavy atom. The number of nitrogens with one attached hydrogen (secondary N) is 2. The molecule has 36 heavy (non-hydrogen) atoms. The Kier molecular flexibility index (Phi) is 6.98. The van der Waals surface area contributed by atoms with Crippen molar-refractivity contribution in [1.29, 1.82) is 0 Å². The molecular formula is C24H25F3N4O4S. The van der Waals surface area contributed by atoms with Crippen LogP contribution in [0.2, 0.25) is 0 Å². The van der Waals surface area contributed by atoms with E-state index in [1.807, 2.05) is 13.8 Å². The molecule has 0 saturated heterocycles. The molecule has 1 aliphatic heterocycles. The molecule has 0 aliphatic carbocycles. The minimum atomic E-state index is -4.58. The average molecular weight is 523 g/mol. The average Bonchev–Trinajstić information content (AvgIpc) is 3.42. The molecule has 0 fully saturated rings. The number of nitrogens with zero attached hydrogens (tertiary/aromatic N) is 2. The molecule has 8 nitrogen and oxygen atoms in total. The minimum Gasteiger partial charge on any atom is -0.497 e. The van der Waals surface area contributed by atoms with Crippen molar-refractivity contribution >= 4 is 34.0 Å². The topological polar surface area (TPSA) is 94.5 Å². The van der Waals surface area contributed by atoms with Gasteiger partial charge in [0.15, 0.2) is 11.7 Å². The number of ether oxygens (including phenoxy) is 2. The van der Waals surface area contributed by atoms with Crippen LogP contribution in [-0.4, -0.2) is 42.1 Å². The zero-order valence-electron chi connectivity index (χ0n) is 20.0. The summed E-state index contributed by atoms with van der Waals surface area (Å²) >= 11 is 1.20. The number of methoxy groups -OCH3 is 2. The third-order valence-corrected chi connectivity index (χ3v) is 7.18. The van der Waals surface area contributed by atoms with Crippen molar-refractivity contribution in [3.63, 3.8) is 0 Å². The summed E-state index contributed by atoms with van der Waals surface area (Å²) in [7, 11) is 2.75. The number of anilines is 2. The van der Waals surface area contributed by atoms with Crippen LogP contribution in [0.3, 0.4) is 0 Å². The maximum absolute atomic E-state index is 14.0. The van der Waals surface area contributed by atoms with E-state index in [2.05, 4.69) is 15.7 Å². The van der Waals surface area contributed by atoms with Crippen molar-refractivity contribution in [2.45, 2.75) is 44.9 Å². The molecule has 3 aromatic rings. The van der Waals surface area contributed by atoms with Crippen molar-refractivity contribution in [2.24, 2.45) is 0 Å². The molecule has 2 N–H and O–H groups in total. The SMILES string of the molecule is CCc1c(C)sc(NC(=O)c2cc3n(n2)[C@H](C(F)(F)F)C[C@H](c2ccc(OC)cc2)N3)c1C(=O)OC. The van der Waals surface area contributed by atoms with E-state index in [1.54, 1.807) is 24.3 Å². The largest absolute Gasteiger partial charge is 0.497 e. The summed E-state index contributed by atoms with van der Waals surface area (Å²) in [5.74, 6) is -0.668. The van der Waals surface area contributed by atoms with Gasteiger partial charge in [0.1, 0.15) is 16.6 Å². The van der Waals surface area contributed by atoms with E-state index in [4.69, 9.17) is 9.47 Å². The van der Waals surface area contributed by atoms with Gasteiger partial charge < -0.3 is 20.1 Å². The van der Waals surface area contributed by atoms with Crippen LogP contribution in [0.1, 0.15) is 62.3 Å². The molecule has 2 atom stereocenters. The molecule has 1 aromatic carbocycles. The molecule has 1 amide bonds. The summed E-state index contributed by atoms with van der Waals surface area (Å²) in [6.07, 6.45) is -4.34. The Balaban J connectivity index is 1.65. The fraction of sp³-hybridized carbons (Fsp3) is 0.375. The quantitative estimate of drug-likeness (QED) is 0.414. The number of thiophene rings is 1. The lowest BCUT2D eigenvalue weighted by molar-refractivity contribution is -0.173. The molecule has 0 radical (unpaired) electrons. The normalized spacial score (nSPS) is 17.2. The van der Waals surface area contributed by atoms with Gasteiger partial charge in [0.2, 0.25) is 0 Å². The zero-order valence-corrected chi connectivity index (χ0v) is 20.8. The van der Waals surface area contributed by atoms with E-state index >= 15 is 0 Å². The summed E-state index contributed by atoms with van der Waals surface area (Å²) in [5.41, 5.74) is 1.42. The van der Waals surface area contributed by atoms with Gasteiger partial charge in [-0.25, -0.2) is 9.48 Å². The number of aryl methyl sites for hydroxylation is 1. The van der Waals surface area contributed by atoms with Crippen molar-refractivity contribution in [1.82, 2.24) is 9.78 Å². The monoisotopic (exact) mass is 522 g/mol. The van der Waals surface area contributed by atoms with Crippen LogP contribution in [0.25, 0.3) is 0 Å². The number of hydrogen-bond donors (Lipinski definition) is 2. The molecule has 0 unspecified atom stereocenters. The van der Waals surface area contributed by atoms with Gasteiger partial charge >= 0.3 is 12.1 Å². The van der Waals surface area contributed by atoms with E-state index < -0.39 is 30.1 Å². The summed E-state index contributed by atoms with van der Waals surface area (Å²) in [6.45, 7) is 3.69. The third kappa shape index (κ3) is 4.77. The van der Waals surface area contributed by atoms with Crippen molar-refractivity contribution in [3.05, 3.63) is 57.6 Å². The van der Waals surface area contributed by atoms with Gasteiger partial charge in [0, 0.05) is 17.4 Å². The highest BCUT2D eigenvalue weighted by atomic mass is 32.1. The summed E-state index contributed by atoms with van der Waals surface area (Å²) < 4.78 is 52.8. The van der Waals surface area contributed by atoms with E-state index in [0.717, 1.165) is 15.1 Å². The Morgan fingerprint density at radius 2 is 1.94 bits per heavy atom. The second-order valence-corrected chi connectivity index (χ2v) is 9.49. The maximum Gasteiger partial charge on any atom is 0.410 e. The number of amides is 1. The highest BCUT2D eigenvalue weighted by molar-refractivity contribution is 7.16. The Labute approximate surface area is 209 Å². The molecule has 4 rings (SSSR count). The van der Waals surface area contributed by atoms with Crippen molar-refractivity contribution in [3.8, 4) is 5.75 Å². The lowest BCUT2D eigenvalue weighted by atomic mass is 9.97. The van der Waals surface area contributed by atoms with E-state index in [9.17, 15) is 22.8 Å². The molecule has 1 aliphatic rings. The summed E-state index contributed by atoms with van der Waals surface area (Å²) in [6, 6.07) is 5.45. The van der Waals surface area contributed by atoms with Crippen LogP contribution in [-0.2, 0) is 11.2 Å². The van der Waals surface area contributed by atoms with Crippen LogP contribution < -0.4 is 15.4 Å². The molecular weight excluding hydrogens is 497 g/mol. The number of aromatic nitrogens is 2. The van der Waals surface area contributed by atoms with Gasteiger partial charge in [-0.05, 0) is 36.6 Å². The first kappa shape index (κ1) is 25.5. The van der Waals surface area contributed by atoms with Crippen LogP contribution in [0.4, 0.5) is 24.0 Å². The van der Waals surface area contributed by atoms with Gasteiger partial charge in [-0.1, -0.05) is 19.1 Å². The molecule has 192 valence electrons. The lowest BCUT2D eigenvalue weighted by Gasteiger charge is -2.33. The summed E-state index contributed by atoms with van der Waals surface area (Å²) in [5, 5.41) is 9.95. The first-order valence-corrected chi connectivity index (χ1v) is 12.0. The number of halogens is 3. The number of rotatable bonds is 6. The van der Waals surface area contributed by atoms with Crippen LogP contribution >= 0.6 is 11.3 Å². The summed E-state index contributed by atoms with van der Waals surface area (Å²) in [4.78, 5) is 26.2. The molecule has 2 aromatic heterocycles. The lowest BCUT2D eigenvalue weighted by Crippen LogP contribution is -2.35. The third-order valence-electron chi connectivity index (χ3n) is 6.12. The fourth-order valence-electron chi connectivity index (χ4n) is 4.32. The van der Waals surface area contributed by atoms with Crippen LogP contribution in [0.5, 0.6) is 5.75 Å². The number of alkyl halides is 3. The van der Waals surface area contributed by atoms with Gasteiger partial charge in [0.25, 0.3) is 5.91 Å². The molecule has 0 bridgehead atoms. The van der Waals surface area contributed by atoms with E-state index in [-0.39, 0.29) is 28.5 Å². The van der Waals surface area contributed by atoms with Crippen LogP contribution in [0.15, 0.2) is 30.3 Å². The predicted molar refractivity (Wildman–Crippen MR) is 129 cm³/mol. The number of benzene rings is 1. The van der Waals surface area contributed by atoms with Crippen LogP contribution in [0, 0.1) is 6.92 Å². The second-order valence-electron chi connectivity index (χ2n) is 8.26. The highest BCUT2D eigenvalue weighted by Gasteiger charge is 2.47. The Bertz CT molecular complexity index is 1280.